The zero-order chi connectivity index (χ0) is 35.8. The van der Waals surface area contributed by atoms with Gasteiger partial charge in [0.1, 0.15) is 25.4 Å². The molecule has 0 spiro atoms. The molecule has 16 heteroatoms. The first-order chi connectivity index (χ1) is 23.2. The van der Waals surface area contributed by atoms with E-state index in [-0.39, 0.29) is 12.5 Å². The van der Waals surface area contributed by atoms with Crippen molar-refractivity contribution in [1.82, 2.24) is 10.6 Å². The average Bonchev–Trinajstić information content (AvgIpc) is 3.34. The number of carbonyl (C=O) groups excluding carboxylic acids is 6. The Hall–Kier alpha value is -5.51. The number of rotatable bonds is 12. The second-order valence-electron chi connectivity index (χ2n) is 11.3. The van der Waals surface area contributed by atoms with Gasteiger partial charge in [0, 0.05) is 33.6 Å². The van der Waals surface area contributed by atoms with Crippen LogP contribution in [-0.4, -0.2) is 96.9 Å². The fraction of sp³-hybridized carbons (Fsp3) is 0.424. The van der Waals surface area contributed by atoms with Crippen molar-refractivity contribution in [3.8, 4) is 11.1 Å². The molecule has 16 nitrogen and oxygen atoms in total. The van der Waals surface area contributed by atoms with Gasteiger partial charge >= 0.3 is 35.9 Å². The van der Waals surface area contributed by atoms with E-state index in [1.54, 1.807) is 0 Å². The molecule has 4 rings (SSSR count). The molecule has 49 heavy (non-hydrogen) atoms. The summed E-state index contributed by atoms with van der Waals surface area (Å²) in [4.78, 5) is 85.5. The number of ether oxygens (including phenoxy) is 6. The van der Waals surface area contributed by atoms with Crippen LogP contribution in [0.2, 0.25) is 0 Å². The van der Waals surface area contributed by atoms with Gasteiger partial charge in [0.15, 0.2) is 24.5 Å². The van der Waals surface area contributed by atoms with Crippen molar-refractivity contribution in [1.29, 1.82) is 0 Å². The normalized spacial score (nSPS) is 21.5. The minimum atomic E-state index is -1.78. The summed E-state index contributed by atoms with van der Waals surface area (Å²) in [5, 5.41) is 14.3. The Morgan fingerprint density at radius 3 is 1.78 bits per heavy atom. The lowest BCUT2D eigenvalue weighted by Gasteiger charge is -2.44. The molecule has 262 valence electrons. The van der Waals surface area contributed by atoms with Crippen molar-refractivity contribution in [3.63, 3.8) is 0 Å². The molecule has 1 aliphatic heterocycles. The molecule has 2 aliphatic rings. The number of alkyl carbamates (subject to hydrolysis) is 1. The summed E-state index contributed by atoms with van der Waals surface area (Å²) in [6.45, 7) is 3.57. The maximum Gasteiger partial charge on any atom is 0.407 e. The summed E-state index contributed by atoms with van der Waals surface area (Å²) in [6, 6.07) is 13.5. The van der Waals surface area contributed by atoms with E-state index >= 15 is 0 Å². The number of aliphatic carboxylic acids is 1. The predicted octanol–water partition coefficient (Wildman–Crippen LogP) is 1.57. The first-order valence-electron chi connectivity index (χ1n) is 15.2. The highest BCUT2D eigenvalue weighted by atomic mass is 16.7. The molecule has 1 aliphatic carbocycles. The molecule has 6 atom stereocenters. The third kappa shape index (κ3) is 9.31. The summed E-state index contributed by atoms with van der Waals surface area (Å²) in [7, 11) is 0. The van der Waals surface area contributed by atoms with Crippen molar-refractivity contribution >= 4 is 41.8 Å². The molecule has 2 amide bonds. The minimum absolute atomic E-state index is 0.108. The number of nitrogens with one attached hydrogen (secondary N) is 2. The SMILES string of the molecule is CC(=O)OCC1O[C@@H](NC(=O)C[C@H](NC(=O)OCC2c3ccccc3-c3ccccc32)C(=O)O)C(OC(C)=O)[C@H](OC(C)=O)[C@H]1OC(C)=O. The third-order valence-corrected chi connectivity index (χ3v) is 7.62. The number of carbonyl (C=O) groups is 7. The molecule has 0 radical (unpaired) electrons. The van der Waals surface area contributed by atoms with Gasteiger partial charge in [0.2, 0.25) is 5.91 Å². The number of carboxylic acids is 1. The molecular weight excluding hydrogens is 648 g/mol. The van der Waals surface area contributed by atoms with E-state index in [4.69, 9.17) is 28.4 Å². The Bertz CT molecular complexity index is 1560. The van der Waals surface area contributed by atoms with Gasteiger partial charge in [-0.25, -0.2) is 9.59 Å². The van der Waals surface area contributed by atoms with Crippen LogP contribution in [0.25, 0.3) is 11.1 Å². The number of amides is 2. The van der Waals surface area contributed by atoms with Crippen molar-refractivity contribution in [3.05, 3.63) is 59.7 Å². The van der Waals surface area contributed by atoms with E-state index in [0.29, 0.717) is 0 Å². The summed E-state index contributed by atoms with van der Waals surface area (Å²) in [6.07, 6.45) is -9.53. The zero-order valence-electron chi connectivity index (χ0n) is 27.0. The lowest BCUT2D eigenvalue weighted by atomic mass is 9.97. The fourth-order valence-corrected chi connectivity index (χ4v) is 5.73. The zero-order valence-corrected chi connectivity index (χ0v) is 27.0. The largest absolute Gasteiger partial charge is 0.480 e. The highest BCUT2D eigenvalue weighted by molar-refractivity contribution is 5.87. The van der Waals surface area contributed by atoms with E-state index in [9.17, 15) is 38.7 Å². The summed E-state index contributed by atoms with van der Waals surface area (Å²) in [5.41, 5.74) is 3.87. The third-order valence-electron chi connectivity index (χ3n) is 7.62. The van der Waals surface area contributed by atoms with Crippen LogP contribution in [0.15, 0.2) is 48.5 Å². The van der Waals surface area contributed by atoms with Crippen LogP contribution < -0.4 is 10.6 Å². The van der Waals surface area contributed by atoms with Crippen LogP contribution in [0.3, 0.4) is 0 Å². The molecule has 1 saturated heterocycles. The van der Waals surface area contributed by atoms with E-state index in [2.05, 4.69) is 10.6 Å². The minimum Gasteiger partial charge on any atom is -0.480 e. The van der Waals surface area contributed by atoms with Crippen LogP contribution in [0.1, 0.15) is 51.2 Å². The maximum absolute atomic E-state index is 13.2. The van der Waals surface area contributed by atoms with Crippen LogP contribution in [0.4, 0.5) is 4.79 Å². The van der Waals surface area contributed by atoms with Crippen molar-refractivity contribution in [2.45, 2.75) is 76.7 Å². The topological polar surface area (TPSA) is 219 Å². The fourth-order valence-electron chi connectivity index (χ4n) is 5.73. The smallest absolute Gasteiger partial charge is 0.407 e. The van der Waals surface area contributed by atoms with Gasteiger partial charge in [0.25, 0.3) is 0 Å². The summed E-state index contributed by atoms with van der Waals surface area (Å²) in [5.74, 6) is -6.22. The van der Waals surface area contributed by atoms with Gasteiger partial charge in [-0.1, -0.05) is 48.5 Å². The summed E-state index contributed by atoms with van der Waals surface area (Å²) < 4.78 is 32.1. The first-order valence-corrected chi connectivity index (χ1v) is 15.2. The Labute approximate surface area is 280 Å². The van der Waals surface area contributed by atoms with Crippen molar-refractivity contribution in [2.24, 2.45) is 0 Å². The van der Waals surface area contributed by atoms with E-state index in [1.807, 2.05) is 48.5 Å². The quantitative estimate of drug-likeness (QED) is 0.214. The Kier molecular flexibility index (Phi) is 11.9. The van der Waals surface area contributed by atoms with E-state index < -0.39 is 91.6 Å². The molecule has 2 aromatic carbocycles. The average molecular weight is 685 g/mol. The molecule has 2 unspecified atom stereocenters. The van der Waals surface area contributed by atoms with E-state index in [0.717, 1.165) is 49.9 Å². The van der Waals surface area contributed by atoms with Gasteiger partial charge in [-0.05, 0) is 22.3 Å². The Morgan fingerprint density at radius 2 is 1.24 bits per heavy atom. The van der Waals surface area contributed by atoms with Gasteiger partial charge < -0.3 is 44.2 Å². The second kappa shape index (κ2) is 16.1. The number of carboxylic acid groups (broad SMARTS) is 1. The second-order valence-corrected chi connectivity index (χ2v) is 11.3. The van der Waals surface area contributed by atoms with Gasteiger partial charge in [-0.3, -0.25) is 24.0 Å². The Balaban J connectivity index is 1.46. The highest BCUT2D eigenvalue weighted by Gasteiger charge is 2.52. The van der Waals surface area contributed by atoms with Gasteiger partial charge in [0.05, 0.1) is 6.42 Å². The molecule has 1 fully saturated rings. The number of hydrogen-bond acceptors (Lipinski definition) is 13. The highest BCUT2D eigenvalue weighted by Crippen LogP contribution is 2.44. The first kappa shape index (κ1) is 36.3. The molecule has 1 heterocycles. The number of hydrogen-bond donors (Lipinski definition) is 3. The number of esters is 4. The van der Waals surface area contributed by atoms with Crippen LogP contribution in [0.5, 0.6) is 0 Å². The molecule has 0 aromatic heterocycles. The summed E-state index contributed by atoms with van der Waals surface area (Å²) >= 11 is 0. The van der Waals surface area contributed by atoms with Crippen molar-refractivity contribution in [2.75, 3.05) is 13.2 Å². The standard InChI is InChI=1S/C33H36N2O14/c1-16(36)44-15-26-28(46-17(2)37)29(47-18(3)38)30(48-19(4)39)31(49-26)35-27(40)13-25(32(41)42)34-33(43)45-14-24-22-11-7-5-9-20(22)21-10-6-8-12-23(21)24/h5-12,24-26,28-31H,13-15H2,1-4H3,(H,34,43)(H,35,40)(H,41,42)/t25-,26?,28-,29+,30?,31+/m0/s1. The molecule has 0 saturated carbocycles. The van der Waals surface area contributed by atoms with Crippen LogP contribution in [0, 0.1) is 0 Å². The predicted molar refractivity (Wildman–Crippen MR) is 164 cm³/mol. The molecule has 3 N–H and O–H groups in total. The Morgan fingerprint density at radius 1 is 0.714 bits per heavy atom. The lowest BCUT2D eigenvalue weighted by Crippen LogP contribution is -2.66. The van der Waals surface area contributed by atoms with Gasteiger partial charge in [-0.15, -0.1) is 0 Å². The molecule has 2 aromatic rings. The molecular formula is C33H36N2O14. The molecule has 0 bridgehead atoms. The maximum atomic E-state index is 13.2. The number of benzene rings is 2. The van der Waals surface area contributed by atoms with Crippen LogP contribution in [-0.2, 0) is 57.2 Å². The van der Waals surface area contributed by atoms with E-state index in [1.165, 1.54) is 0 Å². The monoisotopic (exact) mass is 684 g/mol. The van der Waals surface area contributed by atoms with Gasteiger partial charge in [-0.2, -0.15) is 0 Å². The van der Waals surface area contributed by atoms with Crippen LogP contribution >= 0.6 is 0 Å². The lowest BCUT2D eigenvalue weighted by molar-refractivity contribution is -0.257. The van der Waals surface area contributed by atoms with Crippen molar-refractivity contribution < 1.29 is 67.1 Å². The number of fused-ring (bicyclic) bond motifs is 3.